The zero-order valence-electron chi connectivity index (χ0n) is 22.0. The second kappa shape index (κ2) is 14.4. The van der Waals surface area contributed by atoms with E-state index in [1.54, 1.807) is 6.07 Å². The molecule has 0 amide bonds. The third kappa shape index (κ3) is 8.22. The minimum atomic E-state index is -0.493. The highest BCUT2D eigenvalue weighted by molar-refractivity contribution is 5.93. The van der Waals surface area contributed by atoms with Crippen molar-refractivity contribution in [2.45, 2.75) is 52.0 Å². The Morgan fingerprint density at radius 2 is 1.36 bits per heavy atom. The quantitative estimate of drug-likeness (QED) is 0.0792. The van der Waals surface area contributed by atoms with Crippen molar-refractivity contribution in [1.82, 2.24) is 25.3 Å². The molecule has 0 fully saturated rings. The van der Waals surface area contributed by atoms with Gasteiger partial charge in [-0.05, 0) is 41.2 Å². The number of nitro benzene ring substituents is 1. The van der Waals surface area contributed by atoms with Gasteiger partial charge >= 0.3 is 5.69 Å². The van der Waals surface area contributed by atoms with Crippen molar-refractivity contribution in [1.29, 1.82) is 0 Å². The number of nitrogens with one attached hydrogen (secondary N) is 4. The van der Waals surface area contributed by atoms with Crippen LogP contribution in [-0.2, 0) is 6.54 Å². The van der Waals surface area contributed by atoms with Gasteiger partial charge in [0.1, 0.15) is 0 Å². The molecule has 0 unspecified atom stereocenters. The van der Waals surface area contributed by atoms with Crippen LogP contribution in [0.25, 0.3) is 11.0 Å². The van der Waals surface area contributed by atoms with Gasteiger partial charge in [0.25, 0.3) is 0 Å². The van der Waals surface area contributed by atoms with Gasteiger partial charge in [0.05, 0.1) is 10.6 Å². The second-order valence-electron chi connectivity index (χ2n) is 9.04. The first-order valence-electron chi connectivity index (χ1n) is 13.3. The Morgan fingerprint density at radius 3 is 2.03 bits per heavy atom. The number of hydrogen-bond acceptors (Lipinski definition) is 12. The van der Waals surface area contributed by atoms with Crippen molar-refractivity contribution >= 4 is 40.3 Å². The summed E-state index contributed by atoms with van der Waals surface area (Å²) in [5.74, 6) is 1.64. The standard InChI is InChI=1S/C26H34N10O3/c1-2-3-15-28-24-31-25(33-26(32-24)30-18-19-11-7-6-8-12-19)29-17-10-5-4-9-16-27-20-13-14-21(36(37)38)23-22(20)34-39-35-23/h6-8,11-14,27H,2-5,9-10,15-18H2,1H3,(H3,28,29,30,31,32,33). The molecule has 0 bridgehead atoms. The van der Waals surface area contributed by atoms with Crippen LogP contribution in [-0.4, -0.2) is 49.8 Å². The Hall–Kier alpha value is -4.55. The van der Waals surface area contributed by atoms with Crippen LogP contribution in [0.5, 0.6) is 0 Å². The largest absolute Gasteiger partial charge is 0.383 e. The maximum absolute atomic E-state index is 11.1. The van der Waals surface area contributed by atoms with Crippen LogP contribution in [0.2, 0.25) is 0 Å². The number of fused-ring (bicyclic) bond motifs is 1. The summed E-state index contributed by atoms with van der Waals surface area (Å²) in [4.78, 5) is 24.2. The molecular formula is C26H34N10O3. The number of unbranched alkanes of at least 4 members (excludes halogenated alkanes) is 4. The van der Waals surface area contributed by atoms with Gasteiger partial charge < -0.3 is 21.3 Å². The second-order valence-corrected chi connectivity index (χ2v) is 9.04. The summed E-state index contributed by atoms with van der Waals surface area (Å²) >= 11 is 0. The van der Waals surface area contributed by atoms with E-state index in [1.165, 1.54) is 6.07 Å². The summed E-state index contributed by atoms with van der Waals surface area (Å²) in [6.07, 6.45) is 6.09. The van der Waals surface area contributed by atoms with Crippen molar-refractivity contribution in [3.63, 3.8) is 0 Å². The van der Waals surface area contributed by atoms with E-state index in [-0.39, 0.29) is 11.2 Å². The lowest BCUT2D eigenvalue weighted by Gasteiger charge is -2.11. The molecule has 0 aliphatic rings. The zero-order valence-corrected chi connectivity index (χ0v) is 22.0. The number of anilines is 4. The van der Waals surface area contributed by atoms with E-state index in [4.69, 9.17) is 4.63 Å². The highest BCUT2D eigenvalue weighted by atomic mass is 16.6. The van der Waals surface area contributed by atoms with Gasteiger partial charge in [0.2, 0.25) is 23.4 Å². The number of rotatable bonds is 17. The van der Waals surface area contributed by atoms with Crippen LogP contribution in [0, 0.1) is 10.1 Å². The Bertz CT molecular complexity index is 1330. The summed E-state index contributed by atoms with van der Waals surface area (Å²) in [5.41, 5.74) is 2.22. The number of nitro groups is 1. The van der Waals surface area contributed by atoms with Crippen LogP contribution < -0.4 is 21.3 Å². The first kappa shape index (κ1) is 27.5. The normalized spacial score (nSPS) is 10.9. The fraction of sp³-hybridized carbons (Fsp3) is 0.423. The Labute approximate surface area is 226 Å². The molecule has 2 aromatic carbocycles. The molecule has 13 nitrogen and oxygen atoms in total. The molecule has 4 aromatic rings. The molecule has 0 spiro atoms. The third-order valence-electron chi connectivity index (χ3n) is 6.04. The van der Waals surface area contributed by atoms with Gasteiger partial charge in [-0.1, -0.05) is 56.5 Å². The number of nitrogens with zero attached hydrogens (tertiary/aromatic N) is 6. The average molecular weight is 535 g/mol. The average Bonchev–Trinajstić information content (AvgIpc) is 3.44. The van der Waals surface area contributed by atoms with Gasteiger partial charge in [0.15, 0.2) is 5.52 Å². The Kier molecular flexibility index (Phi) is 10.2. The predicted molar refractivity (Wildman–Crippen MR) is 151 cm³/mol. The van der Waals surface area contributed by atoms with Crippen LogP contribution in [0.4, 0.5) is 29.2 Å². The van der Waals surface area contributed by atoms with Gasteiger partial charge in [0, 0.05) is 32.2 Å². The molecule has 0 aliphatic heterocycles. The molecule has 0 aliphatic carbocycles. The van der Waals surface area contributed by atoms with Crippen molar-refractivity contribution < 1.29 is 9.55 Å². The molecule has 0 radical (unpaired) electrons. The molecule has 0 atom stereocenters. The summed E-state index contributed by atoms with van der Waals surface area (Å²) in [6.45, 7) is 5.05. The summed E-state index contributed by atoms with van der Waals surface area (Å²) in [6, 6.07) is 13.2. The zero-order chi connectivity index (χ0) is 27.3. The summed E-state index contributed by atoms with van der Waals surface area (Å²) < 4.78 is 4.70. The van der Waals surface area contributed by atoms with E-state index in [0.29, 0.717) is 42.1 Å². The molecule has 2 aromatic heterocycles. The van der Waals surface area contributed by atoms with Crippen LogP contribution >= 0.6 is 0 Å². The highest BCUT2D eigenvalue weighted by Crippen LogP contribution is 2.28. The Balaban J connectivity index is 1.20. The van der Waals surface area contributed by atoms with Crippen molar-refractivity contribution in [2.24, 2.45) is 0 Å². The lowest BCUT2D eigenvalue weighted by atomic mass is 10.2. The predicted octanol–water partition coefficient (Wildman–Crippen LogP) is 5.22. The van der Waals surface area contributed by atoms with Crippen LogP contribution in [0.1, 0.15) is 51.0 Å². The first-order valence-corrected chi connectivity index (χ1v) is 13.3. The fourth-order valence-electron chi connectivity index (χ4n) is 3.94. The first-order chi connectivity index (χ1) is 19.1. The SMILES string of the molecule is CCCCNc1nc(NCCCCCCNc2ccc([N+](=O)[O-])c3nonc23)nc(NCc2ccccc2)n1. The molecule has 4 N–H and O–H groups in total. The fourth-order valence-corrected chi connectivity index (χ4v) is 3.94. The van der Waals surface area contributed by atoms with E-state index in [9.17, 15) is 10.1 Å². The molecule has 206 valence electrons. The molecule has 0 saturated carbocycles. The van der Waals surface area contributed by atoms with Crippen molar-refractivity contribution in [3.05, 3.63) is 58.1 Å². The smallest absolute Gasteiger partial charge is 0.300 e. The van der Waals surface area contributed by atoms with E-state index in [0.717, 1.165) is 57.2 Å². The molecule has 0 saturated heterocycles. The lowest BCUT2D eigenvalue weighted by molar-refractivity contribution is -0.383. The van der Waals surface area contributed by atoms with E-state index in [2.05, 4.69) is 65.6 Å². The van der Waals surface area contributed by atoms with E-state index in [1.807, 2.05) is 18.2 Å². The van der Waals surface area contributed by atoms with Gasteiger partial charge in [-0.2, -0.15) is 15.0 Å². The summed E-state index contributed by atoms with van der Waals surface area (Å²) in [7, 11) is 0. The maximum atomic E-state index is 11.1. The molecule has 39 heavy (non-hydrogen) atoms. The minimum Gasteiger partial charge on any atom is -0.383 e. The molecule has 4 rings (SSSR count). The third-order valence-corrected chi connectivity index (χ3v) is 6.04. The minimum absolute atomic E-state index is 0.120. The summed E-state index contributed by atoms with van der Waals surface area (Å²) in [5, 5.41) is 31.8. The van der Waals surface area contributed by atoms with E-state index >= 15 is 0 Å². The number of non-ortho nitro benzene ring substituents is 1. The topological polar surface area (TPSA) is 169 Å². The molecular weight excluding hydrogens is 500 g/mol. The number of aromatic nitrogens is 5. The Morgan fingerprint density at radius 1 is 0.744 bits per heavy atom. The number of benzene rings is 2. The highest BCUT2D eigenvalue weighted by Gasteiger charge is 2.19. The van der Waals surface area contributed by atoms with Gasteiger partial charge in [-0.15, -0.1) is 0 Å². The van der Waals surface area contributed by atoms with E-state index < -0.39 is 4.92 Å². The maximum Gasteiger partial charge on any atom is 0.300 e. The van der Waals surface area contributed by atoms with Crippen molar-refractivity contribution in [2.75, 3.05) is 40.9 Å². The van der Waals surface area contributed by atoms with Crippen LogP contribution in [0.15, 0.2) is 47.1 Å². The lowest BCUT2D eigenvalue weighted by Crippen LogP contribution is -2.13. The van der Waals surface area contributed by atoms with Crippen LogP contribution in [0.3, 0.4) is 0 Å². The molecule has 2 heterocycles. The monoisotopic (exact) mass is 534 g/mol. The molecule has 13 heteroatoms. The van der Waals surface area contributed by atoms with Gasteiger partial charge in [-0.3, -0.25) is 10.1 Å². The number of hydrogen-bond donors (Lipinski definition) is 4. The van der Waals surface area contributed by atoms with Gasteiger partial charge in [-0.25, -0.2) is 4.63 Å². The van der Waals surface area contributed by atoms with Crippen molar-refractivity contribution in [3.8, 4) is 0 Å².